The minimum absolute atomic E-state index is 0.00262. The summed E-state index contributed by atoms with van der Waals surface area (Å²) in [4.78, 5) is 14.6. The first-order valence-corrected chi connectivity index (χ1v) is 10.3. The molecule has 4 rings (SSSR count). The Balaban J connectivity index is 1.30. The van der Waals surface area contributed by atoms with Gasteiger partial charge in [-0.25, -0.2) is 0 Å². The van der Waals surface area contributed by atoms with Gasteiger partial charge in [0, 0.05) is 30.9 Å². The van der Waals surface area contributed by atoms with Crippen LogP contribution in [0.15, 0.2) is 10.6 Å². The zero-order chi connectivity index (χ0) is 18.1. The fourth-order valence-electron chi connectivity index (χ4n) is 3.37. The second-order valence-electron chi connectivity index (χ2n) is 7.52. The highest BCUT2D eigenvalue weighted by Gasteiger charge is 2.30. The molecule has 3 heterocycles. The van der Waals surface area contributed by atoms with Gasteiger partial charge in [-0.1, -0.05) is 30.3 Å². The molecule has 1 saturated carbocycles. The van der Waals surface area contributed by atoms with Crippen LogP contribution in [-0.4, -0.2) is 39.3 Å². The van der Waals surface area contributed by atoms with Crippen LogP contribution in [0.25, 0.3) is 0 Å². The molecule has 0 radical (unpaired) electrons. The Labute approximate surface area is 157 Å². The topological polar surface area (TPSA) is 84.2 Å². The molecule has 1 amide bonds. The standard InChI is InChI=1S/C18H25N5O2S/c1-11(2)15-10-13(22-25-15)14-4-3-8-23(14)9-7-16(24)19-18-21-20-17(26-18)12-5-6-12/h10-12,14H,3-9H2,1-2H3,(H,19,21,24)/t14-/m0/s1. The molecular formula is C18H25N5O2S. The zero-order valence-electron chi connectivity index (χ0n) is 15.3. The number of hydrogen-bond donors (Lipinski definition) is 1. The molecule has 1 N–H and O–H groups in total. The van der Waals surface area contributed by atoms with Crippen molar-refractivity contribution >= 4 is 22.4 Å². The first kappa shape index (κ1) is 17.6. The number of hydrogen-bond acceptors (Lipinski definition) is 7. The van der Waals surface area contributed by atoms with E-state index in [-0.39, 0.29) is 11.9 Å². The Morgan fingerprint density at radius 2 is 2.23 bits per heavy atom. The normalized spacial score (nSPS) is 20.8. The molecule has 0 bridgehead atoms. The van der Waals surface area contributed by atoms with Crippen LogP contribution in [0.5, 0.6) is 0 Å². The highest BCUT2D eigenvalue weighted by atomic mass is 32.1. The molecule has 0 unspecified atom stereocenters. The van der Waals surface area contributed by atoms with Crippen LogP contribution in [-0.2, 0) is 4.79 Å². The van der Waals surface area contributed by atoms with Crippen molar-refractivity contribution in [1.29, 1.82) is 0 Å². The lowest BCUT2D eigenvalue weighted by molar-refractivity contribution is -0.116. The number of aromatic nitrogens is 3. The molecule has 1 aliphatic carbocycles. The summed E-state index contributed by atoms with van der Waals surface area (Å²) in [7, 11) is 0. The van der Waals surface area contributed by atoms with Crippen LogP contribution in [0.4, 0.5) is 5.13 Å². The first-order chi connectivity index (χ1) is 12.6. The van der Waals surface area contributed by atoms with E-state index in [9.17, 15) is 4.79 Å². The van der Waals surface area contributed by atoms with Gasteiger partial charge in [0.1, 0.15) is 16.5 Å². The van der Waals surface area contributed by atoms with Gasteiger partial charge in [-0.2, -0.15) is 0 Å². The van der Waals surface area contributed by atoms with E-state index in [0.29, 0.717) is 29.9 Å². The summed E-state index contributed by atoms with van der Waals surface area (Å²) < 4.78 is 5.45. The zero-order valence-corrected chi connectivity index (χ0v) is 16.1. The quantitative estimate of drug-likeness (QED) is 0.794. The van der Waals surface area contributed by atoms with Crippen molar-refractivity contribution in [2.45, 2.75) is 63.8 Å². The van der Waals surface area contributed by atoms with E-state index in [1.165, 1.54) is 24.2 Å². The third kappa shape index (κ3) is 3.96. The molecule has 0 aromatic carbocycles. The highest BCUT2D eigenvalue weighted by molar-refractivity contribution is 7.15. The summed E-state index contributed by atoms with van der Waals surface area (Å²) in [6.07, 6.45) is 5.02. The number of carbonyl (C=O) groups excluding carboxylic acids is 1. The Morgan fingerprint density at radius 3 is 2.96 bits per heavy atom. The van der Waals surface area contributed by atoms with E-state index < -0.39 is 0 Å². The van der Waals surface area contributed by atoms with Gasteiger partial charge in [-0.3, -0.25) is 9.69 Å². The summed E-state index contributed by atoms with van der Waals surface area (Å²) in [6.45, 7) is 5.91. The maximum Gasteiger partial charge on any atom is 0.227 e. The van der Waals surface area contributed by atoms with Crippen molar-refractivity contribution < 1.29 is 9.32 Å². The monoisotopic (exact) mass is 375 g/mol. The molecule has 2 aliphatic rings. The van der Waals surface area contributed by atoms with E-state index in [4.69, 9.17) is 4.52 Å². The predicted octanol–water partition coefficient (Wildman–Crippen LogP) is 3.69. The summed E-state index contributed by atoms with van der Waals surface area (Å²) in [5, 5.41) is 17.1. The van der Waals surface area contributed by atoms with Gasteiger partial charge in [0.05, 0.1) is 6.04 Å². The number of rotatable bonds is 7. The lowest BCUT2D eigenvalue weighted by Gasteiger charge is -2.22. The van der Waals surface area contributed by atoms with Crippen LogP contribution >= 0.6 is 11.3 Å². The van der Waals surface area contributed by atoms with Crippen LogP contribution in [0.1, 0.15) is 80.3 Å². The molecule has 8 heteroatoms. The van der Waals surface area contributed by atoms with Crippen LogP contribution in [0, 0.1) is 0 Å². The average Bonchev–Trinajstić information content (AvgIpc) is 3.04. The first-order valence-electron chi connectivity index (χ1n) is 9.44. The van der Waals surface area contributed by atoms with Crippen molar-refractivity contribution in [1.82, 2.24) is 20.3 Å². The molecule has 2 fully saturated rings. The van der Waals surface area contributed by atoms with Crippen LogP contribution in [0.3, 0.4) is 0 Å². The van der Waals surface area contributed by atoms with Gasteiger partial charge in [0.25, 0.3) is 0 Å². The van der Waals surface area contributed by atoms with Crippen molar-refractivity contribution in [3.8, 4) is 0 Å². The third-order valence-corrected chi connectivity index (χ3v) is 6.06. The molecule has 1 aliphatic heterocycles. The summed E-state index contributed by atoms with van der Waals surface area (Å²) in [5.74, 6) is 1.83. The Hall–Kier alpha value is -1.80. The number of anilines is 1. The lowest BCUT2D eigenvalue weighted by Crippen LogP contribution is -2.27. The molecule has 2 aromatic heterocycles. The van der Waals surface area contributed by atoms with Crippen LogP contribution in [0.2, 0.25) is 0 Å². The molecule has 0 spiro atoms. The number of nitrogens with one attached hydrogen (secondary N) is 1. The minimum atomic E-state index is -0.00262. The Morgan fingerprint density at radius 1 is 1.38 bits per heavy atom. The number of likely N-dealkylation sites (tertiary alicyclic amines) is 1. The second-order valence-corrected chi connectivity index (χ2v) is 8.53. The van der Waals surface area contributed by atoms with Crippen molar-refractivity contribution in [3.05, 3.63) is 22.5 Å². The van der Waals surface area contributed by atoms with Crippen molar-refractivity contribution in [2.24, 2.45) is 0 Å². The number of carbonyl (C=O) groups is 1. The lowest BCUT2D eigenvalue weighted by atomic mass is 10.1. The molecule has 2 aromatic rings. The van der Waals surface area contributed by atoms with Gasteiger partial charge in [-0.05, 0) is 32.2 Å². The summed E-state index contributed by atoms with van der Waals surface area (Å²) in [5.41, 5.74) is 0.991. The molecule has 1 atom stereocenters. The molecule has 7 nitrogen and oxygen atoms in total. The van der Waals surface area contributed by atoms with Crippen molar-refractivity contribution in [2.75, 3.05) is 18.4 Å². The summed E-state index contributed by atoms with van der Waals surface area (Å²) >= 11 is 1.50. The fourth-order valence-corrected chi connectivity index (χ4v) is 4.30. The smallest absolute Gasteiger partial charge is 0.227 e. The van der Waals surface area contributed by atoms with Crippen molar-refractivity contribution in [3.63, 3.8) is 0 Å². The maximum atomic E-state index is 12.3. The number of amides is 1. The maximum absolute atomic E-state index is 12.3. The van der Waals surface area contributed by atoms with E-state index in [0.717, 1.165) is 35.8 Å². The minimum Gasteiger partial charge on any atom is -0.361 e. The van der Waals surface area contributed by atoms with E-state index >= 15 is 0 Å². The Kier molecular flexibility index (Phi) is 5.04. The highest BCUT2D eigenvalue weighted by Crippen LogP contribution is 2.42. The fraction of sp³-hybridized carbons (Fsp3) is 0.667. The predicted molar refractivity (Wildman–Crippen MR) is 99.3 cm³/mol. The van der Waals surface area contributed by atoms with E-state index in [2.05, 4.69) is 45.5 Å². The van der Waals surface area contributed by atoms with Gasteiger partial charge in [-0.15, -0.1) is 10.2 Å². The SMILES string of the molecule is CC(C)c1cc([C@@H]2CCCN2CCC(=O)Nc2nnc(C3CC3)s2)no1. The molecule has 26 heavy (non-hydrogen) atoms. The van der Waals surface area contributed by atoms with Gasteiger partial charge in [0.15, 0.2) is 0 Å². The molecule has 1 saturated heterocycles. The third-order valence-electron chi connectivity index (χ3n) is 5.06. The van der Waals surface area contributed by atoms with Gasteiger partial charge in [0.2, 0.25) is 11.0 Å². The van der Waals surface area contributed by atoms with Gasteiger partial charge < -0.3 is 9.84 Å². The van der Waals surface area contributed by atoms with Crippen LogP contribution < -0.4 is 5.32 Å². The van der Waals surface area contributed by atoms with E-state index in [1.807, 2.05) is 0 Å². The average molecular weight is 375 g/mol. The number of nitrogens with zero attached hydrogens (tertiary/aromatic N) is 4. The molecular weight excluding hydrogens is 350 g/mol. The second kappa shape index (κ2) is 7.44. The summed E-state index contributed by atoms with van der Waals surface area (Å²) in [6, 6.07) is 2.32. The Bertz CT molecular complexity index is 767. The molecule has 140 valence electrons. The van der Waals surface area contributed by atoms with Gasteiger partial charge >= 0.3 is 0 Å². The largest absolute Gasteiger partial charge is 0.361 e. The van der Waals surface area contributed by atoms with E-state index in [1.54, 1.807) is 0 Å².